The standard InChI is InChI=1S/C16H15ClN2O3/c17-11-2-7-15-14(10-11)19(16(20)22-15)8-1-9-21-13-5-3-12(18)4-6-13/h2-7,10H,1,8-9,18H2. The molecule has 0 aliphatic heterocycles. The average molecular weight is 319 g/mol. The number of anilines is 1. The summed E-state index contributed by atoms with van der Waals surface area (Å²) in [5, 5.41) is 0.570. The van der Waals surface area contributed by atoms with Gasteiger partial charge in [0, 0.05) is 17.3 Å². The van der Waals surface area contributed by atoms with E-state index in [1.54, 1.807) is 34.9 Å². The molecule has 2 aromatic carbocycles. The van der Waals surface area contributed by atoms with Crippen LogP contribution in [0.15, 0.2) is 51.7 Å². The fourth-order valence-corrected chi connectivity index (χ4v) is 2.39. The molecule has 2 N–H and O–H groups in total. The van der Waals surface area contributed by atoms with E-state index in [4.69, 9.17) is 26.5 Å². The number of halogens is 1. The van der Waals surface area contributed by atoms with Crippen LogP contribution in [0, 0.1) is 0 Å². The summed E-state index contributed by atoms with van der Waals surface area (Å²) in [5.74, 6) is 0.367. The van der Waals surface area contributed by atoms with Crippen molar-refractivity contribution in [1.82, 2.24) is 4.57 Å². The van der Waals surface area contributed by atoms with E-state index in [1.165, 1.54) is 0 Å². The Morgan fingerprint density at radius 3 is 2.73 bits per heavy atom. The number of aryl methyl sites for hydroxylation is 1. The lowest BCUT2D eigenvalue weighted by Crippen LogP contribution is -2.15. The summed E-state index contributed by atoms with van der Waals surface area (Å²) in [5.41, 5.74) is 7.54. The highest BCUT2D eigenvalue weighted by Gasteiger charge is 2.09. The van der Waals surface area contributed by atoms with Gasteiger partial charge in [-0.2, -0.15) is 0 Å². The van der Waals surface area contributed by atoms with Crippen molar-refractivity contribution in [2.75, 3.05) is 12.3 Å². The minimum atomic E-state index is -0.384. The number of nitrogens with two attached hydrogens (primary N) is 1. The van der Waals surface area contributed by atoms with Crippen LogP contribution >= 0.6 is 11.6 Å². The van der Waals surface area contributed by atoms with Gasteiger partial charge in [0.1, 0.15) is 5.75 Å². The second-order valence-corrected chi connectivity index (χ2v) is 5.34. The molecule has 22 heavy (non-hydrogen) atoms. The van der Waals surface area contributed by atoms with Gasteiger partial charge in [0.15, 0.2) is 5.58 Å². The highest BCUT2D eigenvalue weighted by Crippen LogP contribution is 2.19. The van der Waals surface area contributed by atoms with E-state index in [0.29, 0.717) is 41.4 Å². The molecule has 0 radical (unpaired) electrons. The number of hydrogen-bond acceptors (Lipinski definition) is 4. The van der Waals surface area contributed by atoms with Gasteiger partial charge < -0.3 is 14.9 Å². The summed E-state index contributed by atoms with van der Waals surface area (Å²) in [7, 11) is 0. The molecule has 0 unspecified atom stereocenters. The molecule has 0 fully saturated rings. The zero-order valence-electron chi connectivity index (χ0n) is 11.8. The molecule has 0 bridgehead atoms. The maximum Gasteiger partial charge on any atom is 0.419 e. The van der Waals surface area contributed by atoms with Crippen LogP contribution in [-0.2, 0) is 6.54 Å². The van der Waals surface area contributed by atoms with Crippen molar-refractivity contribution >= 4 is 28.4 Å². The summed E-state index contributed by atoms with van der Waals surface area (Å²) in [4.78, 5) is 11.9. The van der Waals surface area contributed by atoms with Crippen LogP contribution in [0.5, 0.6) is 5.75 Å². The molecule has 0 aliphatic rings. The van der Waals surface area contributed by atoms with E-state index < -0.39 is 0 Å². The lowest BCUT2D eigenvalue weighted by Gasteiger charge is -2.06. The van der Waals surface area contributed by atoms with Crippen LogP contribution in [0.25, 0.3) is 11.1 Å². The predicted molar refractivity (Wildman–Crippen MR) is 86.5 cm³/mol. The first-order valence-corrected chi connectivity index (χ1v) is 7.28. The highest BCUT2D eigenvalue weighted by atomic mass is 35.5. The van der Waals surface area contributed by atoms with Gasteiger partial charge in [-0.25, -0.2) is 4.79 Å². The van der Waals surface area contributed by atoms with Crippen LogP contribution in [0.2, 0.25) is 5.02 Å². The van der Waals surface area contributed by atoms with Crippen LogP contribution in [0.3, 0.4) is 0 Å². The number of fused-ring (bicyclic) bond motifs is 1. The molecule has 0 amide bonds. The van der Waals surface area contributed by atoms with Gasteiger partial charge in [-0.05, 0) is 48.9 Å². The summed E-state index contributed by atoms with van der Waals surface area (Å²) in [6, 6.07) is 12.3. The van der Waals surface area contributed by atoms with Gasteiger partial charge in [-0.3, -0.25) is 4.57 Å². The Kier molecular flexibility index (Phi) is 4.06. The number of rotatable bonds is 5. The molecule has 3 rings (SSSR count). The maximum absolute atomic E-state index is 11.9. The van der Waals surface area contributed by atoms with E-state index in [2.05, 4.69) is 0 Å². The van der Waals surface area contributed by atoms with Gasteiger partial charge in [-0.15, -0.1) is 0 Å². The minimum absolute atomic E-state index is 0.384. The summed E-state index contributed by atoms with van der Waals surface area (Å²) in [6.45, 7) is 0.991. The third kappa shape index (κ3) is 3.09. The monoisotopic (exact) mass is 318 g/mol. The first-order valence-electron chi connectivity index (χ1n) is 6.91. The Bertz CT molecular complexity index is 837. The van der Waals surface area contributed by atoms with Crippen molar-refractivity contribution in [2.45, 2.75) is 13.0 Å². The molecule has 0 saturated heterocycles. The Labute approximate surface area is 131 Å². The molecular formula is C16H15ClN2O3. The summed E-state index contributed by atoms with van der Waals surface area (Å²) in [6.07, 6.45) is 0.672. The van der Waals surface area contributed by atoms with Gasteiger partial charge in [0.05, 0.1) is 12.1 Å². The van der Waals surface area contributed by atoms with E-state index in [-0.39, 0.29) is 5.76 Å². The predicted octanol–water partition coefficient (Wildman–Crippen LogP) is 3.30. The van der Waals surface area contributed by atoms with Crippen LogP contribution in [0.4, 0.5) is 5.69 Å². The second kappa shape index (κ2) is 6.15. The Balaban J connectivity index is 1.64. The molecule has 0 spiro atoms. The number of ether oxygens (including phenoxy) is 1. The van der Waals surface area contributed by atoms with E-state index >= 15 is 0 Å². The second-order valence-electron chi connectivity index (χ2n) is 4.90. The van der Waals surface area contributed by atoms with Gasteiger partial charge >= 0.3 is 5.76 Å². The largest absolute Gasteiger partial charge is 0.494 e. The number of aromatic nitrogens is 1. The topological polar surface area (TPSA) is 70.4 Å². The lowest BCUT2D eigenvalue weighted by atomic mass is 10.3. The Morgan fingerprint density at radius 2 is 1.95 bits per heavy atom. The third-order valence-corrected chi connectivity index (χ3v) is 3.54. The molecule has 1 aromatic heterocycles. The molecule has 5 nitrogen and oxygen atoms in total. The fraction of sp³-hybridized carbons (Fsp3) is 0.188. The Morgan fingerprint density at radius 1 is 1.18 bits per heavy atom. The highest BCUT2D eigenvalue weighted by molar-refractivity contribution is 6.31. The number of nitrogens with zero attached hydrogens (tertiary/aromatic N) is 1. The van der Waals surface area contributed by atoms with Gasteiger partial charge in [-0.1, -0.05) is 11.6 Å². The molecule has 1 heterocycles. The van der Waals surface area contributed by atoms with Crippen molar-refractivity contribution in [1.29, 1.82) is 0 Å². The normalized spacial score (nSPS) is 11.0. The summed E-state index contributed by atoms with van der Waals surface area (Å²) < 4.78 is 12.3. The van der Waals surface area contributed by atoms with E-state index in [9.17, 15) is 4.79 Å². The SMILES string of the molecule is Nc1ccc(OCCCn2c(=O)oc3ccc(Cl)cc32)cc1. The van der Waals surface area contributed by atoms with Crippen LogP contribution in [0.1, 0.15) is 6.42 Å². The fourth-order valence-electron chi connectivity index (χ4n) is 2.22. The average Bonchev–Trinajstić information content (AvgIpc) is 2.81. The van der Waals surface area contributed by atoms with E-state index in [1.807, 2.05) is 12.1 Å². The van der Waals surface area contributed by atoms with Gasteiger partial charge in [0.2, 0.25) is 0 Å². The number of benzene rings is 2. The zero-order chi connectivity index (χ0) is 15.5. The van der Waals surface area contributed by atoms with Crippen molar-refractivity contribution in [3.63, 3.8) is 0 Å². The molecule has 0 aliphatic carbocycles. The van der Waals surface area contributed by atoms with Crippen molar-refractivity contribution in [2.24, 2.45) is 0 Å². The first-order chi connectivity index (χ1) is 10.6. The molecule has 114 valence electrons. The first kappa shape index (κ1) is 14.5. The van der Waals surface area contributed by atoms with Gasteiger partial charge in [0.25, 0.3) is 0 Å². The zero-order valence-corrected chi connectivity index (χ0v) is 12.5. The quantitative estimate of drug-likeness (QED) is 0.579. The molecule has 3 aromatic rings. The Hall–Kier alpha value is -2.40. The van der Waals surface area contributed by atoms with Crippen molar-refractivity contribution in [3.8, 4) is 5.75 Å². The van der Waals surface area contributed by atoms with Crippen molar-refractivity contribution < 1.29 is 9.15 Å². The number of hydrogen-bond donors (Lipinski definition) is 1. The van der Waals surface area contributed by atoms with Crippen LogP contribution < -0.4 is 16.2 Å². The minimum Gasteiger partial charge on any atom is -0.494 e. The molecule has 0 atom stereocenters. The smallest absolute Gasteiger partial charge is 0.419 e. The number of oxazole rings is 1. The van der Waals surface area contributed by atoms with E-state index in [0.717, 1.165) is 5.75 Å². The maximum atomic E-state index is 11.9. The third-order valence-electron chi connectivity index (χ3n) is 3.30. The molecule has 0 saturated carbocycles. The molecular weight excluding hydrogens is 304 g/mol. The number of nitrogen functional groups attached to an aromatic ring is 1. The lowest BCUT2D eigenvalue weighted by molar-refractivity contribution is 0.300. The molecule has 6 heteroatoms. The summed E-state index contributed by atoms with van der Waals surface area (Å²) >= 11 is 5.96. The van der Waals surface area contributed by atoms with Crippen LogP contribution in [-0.4, -0.2) is 11.2 Å². The van der Waals surface area contributed by atoms with Crippen molar-refractivity contribution in [3.05, 3.63) is 58.0 Å².